The van der Waals surface area contributed by atoms with Gasteiger partial charge in [0.2, 0.25) is 0 Å². The van der Waals surface area contributed by atoms with Gasteiger partial charge in [-0.15, -0.1) is 0 Å². The average molecular weight is 144 g/mol. The minimum atomic E-state index is -0.338. The van der Waals surface area contributed by atoms with Crippen molar-refractivity contribution in [2.24, 2.45) is 5.92 Å². The topological polar surface area (TPSA) is 29.5 Å². The first kappa shape index (κ1) is 9.66. The fraction of sp³-hybridized carbons (Fsp3) is 0.750. The molecule has 0 amide bonds. The lowest BCUT2D eigenvalue weighted by atomic mass is 10.1. The quantitative estimate of drug-likeness (QED) is 0.601. The van der Waals surface area contributed by atoms with Gasteiger partial charge in [0, 0.05) is 7.11 Å². The molecule has 1 N–H and O–H groups in total. The van der Waals surface area contributed by atoms with Crippen molar-refractivity contribution in [3.63, 3.8) is 0 Å². The predicted molar refractivity (Wildman–Crippen MR) is 41.9 cm³/mol. The molecule has 0 aromatic carbocycles. The van der Waals surface area contributed by atoms with Crippen LogP contribution in [0.1, 0.15) is 13.8 Å². The molecular weight excluding hydrogens is 128 g/mol. The van der Waals surface area contributed by atoms with E-state index in [1.165, 1.54) is 0 Å². The van der Waals surface area contributed by atoms with Gasteiger partial charge >= 0.3 is 0 Å². The molecule has 0 heterocycles. The highest BCUT2D eigenvalue weighted by Gasteiger charge is 2.02. The number of aliphatic hydroxyl groups excluding tert-OH is 1. The van der Waals surface area contributed by atoms with E-state index in [4.69, 9.17) is 4.74 Å². The molecule has 0 aliphatic rings. The molecule has 10 heavy (non-hydrogen) atoms. The van der Waals surface area contributed by atoms with Crippen molar-refractivity contribution in [3.05, 3.63) is 12.2 Å². The molecule has 0 aromatic rings. The van der Waals surface area contributed by atoms with Crippen LogP contribution in [0.2, 0.25) is 0 Å². The average Bonchev–Trinajstić information content (AvgIpc) is 1.88. The Bertz CT molecular complexity index is 97.4. The lowest BCUT2D eigenvalue weighted by Crippen LogP contribution is -2.10. The van der Waals surface area contributed by atoms with Crippen LogP contribution >= 0.6 is 0 Å². The molecule has 1 atom stereocenters. The largest absolute Gasteiger partial charge is 0.389 e. The second kappa shape index (κ2) is 5.45. The highest BCUT2D eigenvalue weighted by Crippen LogP contribution is 2.01. The summed E-state index contributed by atoms with van der Waals surface area (Å²) >= 11 is 0. The van der Waals surface area contributed by atoms with Crippen LogP contribution in [-0.4, -0.2) is 24.9 Å². The Morgan fingerprint density at radius 1 is 1.50 bits per heavy atom. The monoisotopic (exact) mass is 144 g/mol. The zero-order valence-electron chi connectivity index (χ0n) is 6.87. The maximum Gasteiger partial charge on any atom is 0.0744 e. The molecule has 2 heteroatoms. The van der Waals surface area contributed by atoms with Crippen molar-refractivity contribution >= 4 is 0 Å². The van der Waals surface area contributed by atoms with E-state index in [0.717, 1.165) is 0 Å². The Morgan fingerprint density at radius 2 is 2.10 bits per heavy atom. The standard InChI is InChI=1S/C8H16O2/c1-7(2)8(9)5-4-6-10-3/h4-5,7-9H,6H2,1-3H3/b5-4+. The molecular formula is C8H16O2. The number of ether oxygens (including phenoxy) is 1. The van der Waals surface area contributed by atoms with Gasteiger partial charge < -0.3 is 9.84 Å². The highest BCUT2D eigenvalue weighted by atomic mass is 16.5. The number of methoxy groups -OCH3 is 1. The Hall–Kier alpha value is -0.340. The van der Waals surface area contributed by atoms with Crippen LogP contribution in [0, 0.1) is 5.92 Å². The number of aliphatic hydroxyl groups is 1. The van der Waals surface area contributed by atoms with Crippen LogP contribution < -0.4 is 0 Å². The van der Waals surface area contributed by atoms with Gasteiger partial charge in [-0.3, -0.25) is 0 Å². The van der Waals surface area contributed by atoms with Crippen LogP contribution in [0.3, 0.4) is 0 Å². The number of rotatable bonds is 4. The third kappa shape index (κ3) is 4.53. The molecule has 0 saturated carbocycles. The lowest BCUT2D eigenvalue weighted by molar-refractivity contribution is 0.170. The summed E-state index contributed by atoms with van der Waals surface area (Å²) in [5.41, 5.74) is 0. The number of hydrogen-bond donors (Lipinski definition) is 1. The molecule has 0 rings (SSSR count). The van der Waals surface area contributed by atoms with E-state index >= 15 is 0 Å². The maximum atomic E-state index is 9.21. The van der Waals surface area contributed by atoms with Crippen molar-refractivity contribution in [2.45, 2.75) is 20.0 Å². The molecule has 0 radical (unpaired) electrons. The van der Waals surface area contributed by atoms with Gasteiger partial charge in [-0.25, -0.2) is 0 Å². The SMILES string of the molecule is COC/C=C/C(O)C(C)C. The second-order valence-corrected chi connectivity index (χ2v) is 2.62. The van der Waals surface area contributed by atoms with Crippen molar-refractivity contribution in [1.29, 1.82) is 0 Å². The first-order valence-corrected chi connectivity index (χ1v) is 3.52. The van der Waals surface area contributed by atoms with Crippen LogP contribution in [-0.2, 0) is 4.74 Å². The summed E-state index contributed by atoms with van der Waals surface area (Å²) in [6.45, 7) is 4.52. The van der Waals surface area contributed by atoms with Gasteiger partial charge in [0.05, 0.1) is 12.7 Å². The van der Waals surface area contributed by atoms with Gasteiger partial charge in [-0.1, -0.05) is 26.0 Å². The summed E-state index contributed by atoms with van der Waals surface area (Å²) in [6.07, 6.45) is 3.24. The van der Waals surface area contributed by atoms with Gasteiger partial charge in [0.25, 0.3) is 0 Å². The molecule has 0 bridgehead atoms. The lowest BCUT2D eigenvalue weighted by Gasteiger charge is -2.07. The summed E-state index contributed by atoms with van der Waals surface area (Å²) < 4.78 is 4.77. The molecule has 2 nitrogen and oxygen atoms in total. The summed E-state index contributed by atoms with van der Waals surface area (Å²) in [4.78, 5) is 0. The van der Waals surface area contributed by atoms with Gasteiger partial charge in [0.1, 0.15) is 0 Å². The molecule has 0 saturated heterocycles. The fourth-order valence-corrected chi connectivity index (χ4v) is 0.513. The maximum absolute atomic E-state index is 9.21. The van der Waals surface area contributed by atoms with E-state index in [9.17, 15) is 5.11 Å². The molecule has 0 aromatic heterocycles. The third-order valence-electron chi connectivity index (χ3n) is 1.28. The minimum absolute atomic E-state index is 0.285. The van der Waals surface area contributed by atoms with E-state index in [2.05, 4.69) is 0 Å². The van der Waals surface area contributed by atoms with Gasteiger partial charge in [0.15, 0.2) is 0 Å². The zero-order valence-corrected chi connectivity index (χ0v) is 6.87. The normalized spacial score (nSPS) is 14.9. The molecule has 0 spiro atoms. The summed E-state index contributed by atoms with van der Waals surface area (Å²) in [5, 5.41) is 9.21. The number of hydrogen-bond acceptors (Lipinski definition) is 2. The minimum Gasteiger partial charge on any atom is -0.389 e. The van der Waals surface area contributed by atoms with Gasteiger partial charge in [-0.05, 0) is 5.92 Å². The Labute approximate surface area is 62.5 Å². The van der Waals surface area contributed by atoms with E-state index in [0.29, 0.717) is 6.61 Å². The van der Waals surface area contributed by atoms with E-state index in [1.807, 2.05) is 19.9 Å². The second-order valence-electron chi connectivity index (χ2n) is 2.62. The summed E-state index contributed by atoms with van der Waals surface area (Å²) in [5.74, 6) is 0.285. The van der Waals surface area contributed by atoms with Crippen molar-refractivity contribution < 1.29 is 9.84 Å². The Morgan fingerprint density at radius 3 is 2.50 bits per heavy atom. The van der Waals surface area contributed by atoms with E-state index < -0.39 is 0 Å². The molecule has 60 valence electrons. The smallest absolute Gasteiger partial charge is 0.0744 e. The molecule has 0 aliphatic carbocycles. The van der Waals surface area contributed by atoms with Crippen LogP contribution in [0.15, 0.2) is 12.2 Å². The first-order valence-electron chi connectivity index (χ1n) is 3.52. The third-order valence-corrected chi connectivity index (χ3v) is 1.28. The molecule has 0 aliphatic heterocycles. The molecule has 0 fully saturated rings. The zero-order chi connectivity index (χ0) is 7.98. The summed E-state index contributed by atoms with van der Waals surface area (Å²) in [6, 6.07) is 0. The van der Waals surface area contributed by atoms with Gasteiger partial charge in [-0.2, -0.15) is 0 Å². The van der Waals surface area contributed by atoms with Crippen LogP contribution in [0.5, 0.6) is 0 Å². The highest BCUT2D eigenvalue weighted by molar-refractivity contribution is 4.89. The van der Waals surface area contributed by atoms with Crippen LogP contribution in [0.4, 0.5) is 0 Å². The van der Waals surface area contributed by atoms with E-state index in [-0.39, 0.29) is 12.0 Å². The van der Waals surface area contributed by atoms with Crippen LogP contribution in [0.25, 0.3) is 0 Å². The van der Waals surface area contributed by atoms with Crippen molar-refractivity contribution in [2.75, 3.05) is 13.7 Å². The fourth-order valence-electron chi connectivity index (χ4n) is 0.513. The van der Waals surface area contributed by atoms with Crippen molar-refractivity contribution in [3.8, 4) is 0 Å². The van der Waals surface area contributed by atoms with E-state index in [1.54, 1.807) is 13.2 Å². The Balaban J connectivity index is 3.45. The van der Waals surface area contributed by atoms with Crippen molar-refractivity contribution in [1.82, 2.24) is 0 Å². The Kier molecular flexibility index (Phi) is 5.26. The predicted octanol–water partition coefficient (Wildman–Crippen LogP) is 1.21. The first-order chi connectivity index (χ1) is 4.68. The molecule has 1 unspecified atom stereocenters. The summed E-state index contributed by atoms with van der Waals surface area (Å²) in [7, 11) is 1.63.